The van der Waals surface area contributed by atoms with E-state index in [-0.39, 0.29) is 17.8 Å². The lowest BCUT2D eigenvalue weighted by molar-refractivity contribution is 0.0992. The van der Waals surface area contributed by atoms with Crippen molar-refractivity contribution in [3.63, 3.8) is 0 Å². The molecule has 3 heteroatoms. The molecule has 0 saturated heterocycles. The van der Waals surface area contributed by atoms with E-state index in [0.29, 0.717) is 5.56 Å². The average Bonchev–Trinajstić information content (AvgIpc) is 2.43. The molecular formula is C16H14F2O. The van der Waals surface area contributed by atoms with Crippen molar-refractivity contribution in [2.45, 2.75) is 19.8 Å². The van der Waals surface area contributed by atoms with Crippen LogP contribution in [0.4, 0.5) is 8.78 Å². The molecule has 98 valence electrons. The van der Waals surface area contributed by atoms with Crippen molar-refractivity contribution in [1.82, 2.24) is 0 Å². The largest absolute Gasteiger partial charge is 0.294 e. The van der Waals surface area contributed by atoms with Gasteiger partial charge in [-0.25, -0.2) is 8.78 Å². The van der Waals surface area contributed by atoms with Gasteiger partial charge in [0.05, 0.1) is 0 Å². The molecule has 0 unspecified atom stereocenters. The molecular weight excluding hydrogens is 246 g/mol. The molecule has 1 nitrogen and oxygen atoms in total. The maximum Gasteiger partial charge on any atom is 0.167 e. The number of Topliss-reactive ketones (excluding diaryl/α,β-unsaturated/α-hetero) is 1. The number of benzene rings is 2. The third-order valence-corrected chi connectivity index (χ3v) is 3.04. The number of carbonyl (C=O) groups is 1. The molecule has 0 fully saturated rings. The summed E-state index contributed by atoms with van der Waals surface area (Å²) in [6, 6.07) is 10.3. The zero-order chi connectivity index (χ0) is 13.8. The Morgan fingerprint density at radius 1 is 1.05 bits per heavy atom. The van der Waals surface area contributed by atoms with Crippen molar-refractivity contribution in [2.24, 2.45) is 0 Å². The van der Waals surface area contributed by atoms with E-state index >= 15 is 0 Å². The predicted molar refractivity (Wildman–Crippen MR) is 70.2 cm³/mol. The van der Waals surface area contributed by atoms with Crippen molar-refractivity contribution in [3.05, 3.63) is 70.8 Å². The van der Waals surface area contributed by atoms with Gasteiger partial charge in [0, 0.05) is 12.0 Å². The molecule has 0 atom stereocenters. The minimum Gasteiger partial charge on any atom is -0.294 e. The number of rotatable bonds is 4. The van der Waals surface area contributed by atoms with Crippen LogP contribution in [0, 0.1) is 11.6 Å². The Labute approximate surface area is 110 Å². The molecule has 2 aromatic rings. The number of hydrogen-bond acceptors (Lipinski definition) is 1. The van der Waals surface area contributed by atoms with E-state index in [2.05, 4.69) is 0 Å². The smallest absolute Gasteiger partial charge is 0.167 e. The van der Waals surface area contributed by atoms with Gasteiger partial charge in [-0.05, 0) is 35.7 Å². The molecule has 0 aliphatic rings. The van der Waals surface area contributed by atoms with E-state index in [1.54, 1.807) is 12.1 Å². The van der Waals surface area contributed by atoms with Gasteiger partial charge in [0.1, 0.15) is 11.6 Å². The van der Waals surface area contributed by atoms with Crippen LogP contribution in [0.15, 0.2) is 42.5 Å². The van der Waals surface area contributed by atoms with Crippen LogP contribution in [-0.4, -0.2) is 5.78 Å². The molecule has 19 heavy (non-hydrogen) atoms. The first-order chi connectivity index (χ1) is 9.10. The van der Waals surface area contributed by atoms with E-state index in [1.165, 1.54) is 0 Å². The molecule has 2 rings (SSSR count). The highest BCUT2D eigenvalue weighted by Crippen LogP contribution is 2.14. The molecule has 2 aromatic carbocycles. The first-order valence-electron chi connectivity index (χ1n) is 6.16. The van der Waals surface area contributed by atoms with E-state index in [1.807, 2.05) is 19.1 Å². The minimum absolute atomic E-state index is 0.0876. The lowest BCUT2D eigenvalue weighted by atomic mass is 10.0. The van der Waals surface area contributed by atoms with Crippen molar-refractivity contribution in [1.29, 1.82) is 0 Å². The summed E-state index contributed by atoms with van der Waals surface area (Å²) < 4.78 is 26.5. The highest BCUT2D eigenvalue weighted by atomic mass is 19.1. The van der Waals surface area contributed by atoms with Crippen molar-refractivity contribution in [3.8, 4) is 0 Å². The van der Waals surface area contributed by atoms with Gasteiger partial charge in [-0.15, -0.1) is 0 Å². The molecule has 0 aliphatic heterocycles. The number of hydrogen-bond donors (Lipinski definition) is 0. The Bertz CT molecular complexity index is 588. The predicted octanol–water partition coefficient (Wildman–Crippen LogP) is 3.95. The fourth-order valence-electron chi connectivity index (χ4n) is 1.88. The monoisotopic (exact) mass is 260 g/mol. The van der Waals surface area contributed by atoms with Crippen LogP contribution >= 0.6 is 0 Å². The summed E-state index contributed by atoms with van der Waals surface area (Å²) in [7, 11) is 0. The molecule has 0 bridgehead atoms. The summed E-state index contributed by atoms with van der Waals surface area (Å²) in [6.07, 6.45) is 0.766. The molecule has 0 radical (unpaired) electrons. The van der Waals surface area contributed by atoms with E-state index in [9.17, 15) is 13.6 Å². The van der Waals surface area contributed by atoms with Gasteiger partial charge >= 0.3 is 0 Å². The first kappa shape index (κ1) is 13.4. The zero-order valence-electron chi connectivity index (χ0n) is 10.6. The highest BCUT2D eigenvalue weighted by molar-refractivity contribution is 5.97. The van der Waals surface area contributed by atoms with Crippen LogP contribution in [0.2, 0.25) is 0 Å². The normalized spacial score (nSPS) is 10.5. The maximum atomic E-state index is 13.4. The Hall–Kier alpha value is -2.03. The number of halogens is 2. The Morgan fingerprint density at radius 2 is 1.74 bits per heavy atom. The molecule has 0 heterocycles. The lowest BCUT2D eigenvalue weighted by Gasteiger charge is -2.04. The molecule has 0 aliphatic carbocycles. The van der Waals surface area contributed by atoms with E-state index < -0.39 is 11.6 Å². The lowest BCUT2D eigenvalue weighted by Crippen LogP contribution is -2.05. The maximum absolute atomic E-state index is 13.4. The number of carbonyl (C=O) groups excluding carboxylic acids is 1. The second-order valence-corrected chi connectivity index (χ2v) is 4.39. The Balaban J connectivity index is 2.18. The molecule has 0 N–H and O–H groups in total. The average molecular weight is 260 g/mol. The summed E-state index contributed by atoms with van der Waals surface area (Å²) in [4.78, 5) is 12.0. The van der Waals surface area contributed by atoms with Gasteiger partial charge in [-0.1, -0.05) is 31.2 Å². The molecule has 0 aromatic heterocycles. The van der Waals surface area contributed by atoms with Crippen molar-refractivity contribution in [2.75, 3.05) is 0 Å². The van der Waals surface area contributed by atoms with Crippen LogP contribution in [0.3, 0.4) is 0 Å². The minimum atomic E-state index is -0.556. The Kier molecular flexibility index (Phi) is 4.05. The molecule has 0 spiro atoms. The van der Waals surface area contributed by atoms with Gasteiger partial charge in [-0.2, -0.15) is 0 Å². The van der Waals surface area contributed by atoms with Gasteiger partial charge < -0.3 is 0 Å². The van der Waals surface area contributed by atoms with E-state index in [0.717, 1.165) is 30.2 Å². The van der Waals surface area contributed by atoms with Gasteiger partial charge in [0.25, 0.3) is 0 Å². The highest BCUT2D eigenvalue weighted by Gasteiger charge is 2.11. The van der Waals surface area contributed by atoms with Gasteiger partial charge in [0.2, 0.25) is 0 Å². The summed E-state index contributed by atoms with van der Waals surface area (Å²) in [5, 5.41) is 0. The SMILES string of the molecule is CCc1ccc(C(=O)Cc2cc(F)ccc2F)cc1. The van der Waals surface area contributed by atoms with E-state index in [4.69, 9.17) is 0 Å². The fourth-order valence-corrected chi connectivity index (χ4v) is 1.88. The van der Waals surface area contributed by atoms with Crippen molar-refractivity contribution < 1.29 is 13.6 Å². The van der Waals surface area contributed by atoms with Gasteiger partial charge in [0.15, 0.2) is 5.78 Å². The topological polar surface area (TPSA) is 17.1 Å². The van der Waals surface area contributed by atoms with Crippen LogP contribution in [0.1, 0.15) is 28.4 Å². The van der Waals surface area contributed by atoms with Crippen LogP contribution in [0.5, 0.6) is 0 Å². The van der Waals surface area contributed by atoms with Crippen LogP contribution in [0.25, 0.3) is 0 Å². The number of ketones is 1. The van der Waals surface area contributed by atoms with Crippen molar-refractivity contribution >= 4 is 5.78 Å². The first-order valence-corrected chi connectivity index (χ1v) is 6.16. The quantitative estimate of drug-likeness (QED) is 0.761. The van der Waals surface area contributed by atoms with Gasteiger partial charge in [-0.3, -0.25) is 4.79 Å². The summed E-state index contributed by atoms with van der Waals surface area (Å²) in [5.74, 6) is -1.31. The molecule has 0 amide bonds. The molecule has 0 saturated carbocycles. The summed E-state index contributed by atoms with van der Waals surface area (Å²) >= 11 is 0. The third kappa shape index (κ3) is 3.25. The standard InChI is InChI=1S/C16H14F2O/c1-2-11-3-5-12(6-4-11)16(19)10-13-9-14(17)7-8-15(13)18/h3-9H,2,10H2,1H3. The summed E-state index contributed by atoms with van der Waals surface area (Å²) in [5.41, 5.74) is 1.74. The Morgan fingerprint density at radius 3 is 2.37 bits per heavy atom. The number of aryl methyl sites for hydroxylation is 1. The third-order valence-electron chi connectivity index (χ3n) is 3.04. The fraction of sp³-hybridized carbons (Fsp3) is 0.188. The zero-order valence-corrected chi connectivity index (χ0v) is 10.6. The summed E-state index contributed by atoms with van der Waals surface area (Å²) in [6.45, 7) is 2.03. The van der Waals surface area contributed by atoms with Crippen LogP contribution in [-0.2, 0) is 12.8 Å². The van der Waals surface area contributed by atoms with Crippen LogP contribution < -0.4 is 0 Å². The second-order valence-electron chi connectivity index (χ2n) is 4.39. The second kappa shape index (κ2) is 5.74.